The number of nitriles is 1. The number of nitrogens with zero attached hydrogens (tertiary/aromatic N) is 1. The van der Waals surface area contributed by atoms with E-state index in [0.29, 0.717) is 5.56 Å². The topological polar surface area (TPSA) is 23.8 Å². The number of allylic oxidation sites excluding steroid dienone is 2. The average Bonchev–Trinajstić information content (AvgIpc) is 3.66. The SMILES string of the molecule is C=CC=C.CC1(C)c2cc(-c3ccc4cc(-c5cccc(C#N)c5)ccc4c3)ccc2-c2ccc(-c3ccc4c5c(cccc35)-c3ccccc3-4)cc21. The predicted molar refractivity (Wildman–Crippen MR) is 225 cm³/mol. The number of fused-ring (bicyclic) bond motifs is 7. The maximum atomic E-state index is 9.35. The summed E-state index contributed by atoms with van der Waals surface area (Å²) in [4.78, 5) is 0. The van der Waals surface area contributed by atoms with Crippen molar-refractivity contribution in [2.45, 2.75) is 19.3 Å². The van der Waals surface area contributed by atoms with Gasteiger partial charge in [0.2, 0.25) is 0 Å². The molecule has 8 aromatic carbocycles. The van der Waals surface area contributed by atoms with E-state index in [1.54, 1.807) is 12.2 Å². The molecule has 8 aromatic rings. The fraction of sp³-hybridized carbons (Fsp3) is 0.0577. The Labute approximate surface area is 311 Å². The molecule has 0 spiro atoms. The maximum Gasteiger partial charge on any atom is 0.0991 e. The first-order valence-corrected chi connectivity index (χ1v) is 18.1. The zero-order valence-electron chi connectivity index (χ0n) is 29.9. The molecular formula is C52H37N. The van der Waals surface area contributed by atoms with Gasteiger partial charge in [0, 0.05) is 5.41 Å². The molecule has 0 saturated carbocycles. The summed E-state index contributed by atoms with van der Waals surface area (Å²) < 4.78 is 0. The van der Waals surface area contributed by atoms with Crippen molar-refractivity contribution in [2.75, 3.05) is 0 Å². The smallest absolute Gasteiger partial charge is 0.0991 e. The molecular weight excluding hydrogens is 639 g/mol. The second-order valence-electron chi connectivity index (χ2n) is 14.5. The molecule has 0 N–H and O–H groups in total. The second-order valence-corrected chi connectivity index (χ2v) is 14.5. The zero-order chi connectivity index (χ0) is 36.3. The standard InChI is InChI=1S/C48H31N.C4H6/c1-48(2)45-26-35(34-16-15-32-24-31(13-14-33(32)25-34)30-8-5-7-29(23-30)28-49)17-19-40(45)41-20-18-36(27-46(41)48)37-21-22-44-39-10-4-3-9-38(39)43-12-6-11-42(37)47(43)44;1-3-4-2/h3-27H,1-2H3;3-4H,1-2H2. The molecule has 0 fully saturated rings. The van der Waals surface area contributed by atoms with Crippen molar-refractivity contribution in [1.29, 1.82) is 5.26 Å². The summed E-state index contributed by atoms with van der Waals surface area (Å²) in [5, 5.41) is 14.4. The van der Waals surface area contributed by atoms with Crippen molar-refractivity contribution in [1.82, 2.24) is 0 Å². The Hall–Kier alpha value is -6.75. The minimum atomic E-state index is -0.133. The van der Waals surface area contributed by atoms with Crippen LogP contribution < -0.4 is 0 Å². The van der Waals surface area contributed by atoms with Crippen LogP contribution in [0.2, 0.25) is 0 Å². The first-order valence-electron chi connectivity index (χ1n) is 18.1. The largest absolute Gasteiger partial charge is 0.192 e. The van der Waals surface area contributed by atoms with E-state index in [4.69, 9.17) is 0 Å². The van der Waals surface area contributed by atoms with Gasteiger partial charge in [0.1, 0.15) is 0 Å². The molecule has 53 heavy (non-hydrogen) atoms. The summed E-state index contributed by atoms with van der Waals surface area (Å²) >= 11 is 0. The first kappa shape index (κ1) is 32.2. The zero-order valence-corrected chi connectivity index (χ0v) is 29.9. The third kappa shape index (κ3) is 5.15. The molecule has 0 aliphatic heterocycles. The van der Waals surface area contributed by atoms with Gasteiger partial charge in [0.15, 0.2) is 0 Å². The molecule has 0 saturated heterocycles. The molecule has 250 valence electrons. The first-order chi connectivity index (χ1) is 25.9. The summed E-state index contributed by atoms with van der Waals surface area (Å²) in [5.41, 5.74) is 18.5. The lowest BCUT2D eigenvalue weighted by Gasteiger charge is -2.23. The summed E-state index contributed by atoms with van der Waals surface area (Å²) in [6, 6.07) is 57.7. The molecule has 10 rings (SSSR count). The van der Waals surface area contributed by atoms with Crippen LogP contribution in [0.1, 0.15) is 30.5 Å². The highest BCUT2D eigenvalue weighted by Crippen LogP contribution is 2.53. The van der Waals surface area contributed by atoms with E-state index in [0.717, 1.165) is 11.1 Å². The van der Waals surface area contributed by atoms with E-state index < -0.39 is 0 Å². The molecule has 0 bridgehead atoms. The Morgan fingerprint density at radius 3 is 1.58 bits per heavy atom. The molecule has 2 aliphatic carbocycles. The van der Waals surface area contributed by atoms with Gasteiger partial charge in [-0.05, 0) is 136 Å². The van der Waals surface area contributed by atoms with Crippen molar-refractivity contribution < 1.29 is 0 Å². The average molecular weight is 676 g/mol. The van der Waals surface area contributed by atoms with Crippen molar-refractivity contribution >= 4 is 21.5 Å². The highest BCUT2D eigenvalue weighted by atomic mass is 14.4. The van der Waals surface area contributed by atoms with E-state index in [-0.39, 0.29) is 5.41 Å². The van der Waals surface area contributed by atoms with Crippen molar-refractivity contribution in [3.63, 3.8) is 0 Å². The predicted octanol–water partition coefficient (Wildman–Crippen LogP) is 14.2. The Morgan fingerprint density at radius 1 is 0.453 bits per heavy atom. The lowest BCUT2D eigenvalue weighted by atomic mass is 9.80. The monoisotopic (exact) mass is 675 g/mol. The fourth-order valence-electron chi connectivity index (χ4n) is 8.52. The van der Waals surface area contributed by atoms with Crippen LogP contribution in [0.5, 0.6) is 0 Å². The van der Waals surface area contributed by atoms with Gasteiger partial charge in [-0.15, -0.1) is 0 Å². The lowest BCUT2D eigenvalue weighted by Crippen LogP contribution is -2.15. The second kappa shape index (κ2) is 12.5. The van der Waals surface area contributed by atoms with Gasteiger partial charge in [-0.2, -0.15) is 5.26 Å². The number of hydrogen-bond donors (Lipinski definition) is 0. The highest BCUT2D eigenvalue weighted by molar-refractivity contribution is 6.18. The van der Waals surface area contributed by atoms with Crippen LogP contribution in [0.25, 0.3) is 88.3 Å². The van der Waals surface area contributed by atoms with Crippen LogP contribution in [0.15, 0.2) is 177 Å². The van der Waals surface area contributed by atoms with Crippen molar-refractivity contribution in [3.8, 4) is 72.8 Å². The Balaban J connectivity index is 0.000000888. The Morgan fingerprint density at radius 2 is 0.943 bits per heavy atom. The molecule has 0 aromatic heterocycles. The third-order valence-corrected chi connectivity index (χ3v) is 11.2. The van der Waals surface area contributed by atoms with Crippen LogP contribution in [-0.4, -0.2) is 0 Å². The Bertz CT molecular complexity index is 2820. The molecule has 1 nitrogen and oxygen atoms in total. The molecule has 0 unspecified atom stereocenters. The van der Waals surface area contributed by atoms with Crippen LogP contribution in [0, 0.1) is 11.3 Å². The number of hydrogen-bond acceptors (Lipinski definition) is 1. The summed E-state index contributed by atoms with van der Waals surface area (Å²) in [5.74, 6) is 0. The van der Waals surface area contributed by atoms with E-state index in [9.17, 15) is 5.26 Å². The minimum absolute atomic E-state index is 0.133. The van der Waals surface area contributed by atoms with Crippen LogP contribution in [-0.2, 0) is 5.41 Å². The molecule has 0 atom stereocenters. The quantitative estimate of drug-likeness (QED) is 0.170. The maximum absolute atomic E-state index is 9.35. The van der Waals surface area contributed by atoms with Gasteiger partial charge >= 0.3 is 0 Å². The van der Waals surface area contributed by atoms with Gasteiger partial charge < -0.3 is 0 Å². The normalized spacial score (nSPS) is 12.6. The fourth-order valence-corrected chi connectivity index (χ4v) is 8.52. The van der Waals surface area contributed by atoms with E-state index in [2.05, 4.69) is 167 Å². The van der Waals surface area contributed by atoms with Gasteiger partial charge in [-0.1, -0.05) is 154 Å². The van der Waals surface area contributed by atoms with E-state index in [1.807, 2.05) is 18.2 Å². The molecule has 1 heteroatoms. The van der Waals surface area contributed by atoms with E-state index >= 15 is 0 Å². The van der Waals surface area contributed by atoms with Crippen molar-refractivity contribution in [3.05, 3.63) is 194 Å². The Kier molecular flexibility index (Phi) is 7.58. The molecule has 0 amide bonds. The number of benzene rings is 8. The van der Waals surface area contributed by atoms with Crippen LogP contribution in [0.4, 0.5) is 0 Å². The van der Waals surface area contributed by atoms with Crippen LogP contribution in [0.3, 0.4) is 0 Å². The summed E-state index contributed by atoms with van der Waals surface area (Å²) in [7, 11) is 0. The highest BCUT2D eigenvalue weighted by Gasteiger charge is 2.36. The minimum Gasteiger partial charge on any atom is -0.192 e. The molecule has 2 aliphatic rings. The van der Waals surface area contributed by atoms with Gasteiger partial charge in [-0.25, -0.2) is 0 Å². The molecule has 0 radical (unpaired) electrons. The van der Waals surface area contributed by atoms with E-state index in [1.165, 1.54) is 88.3 Å². The molecule has 0 heterocycles. The van der Waals surface area contributed by atoms with Gasteiger partial charge in [-0.3, -0.25) is 0 Å². The lowest BCUT2D eigenvalue weighted by molar-refractivity contribution is 0.661. The summed E-state index contributed by atoms with van der Waals surface area (Å²) in [6.07, 6.45) is 3.28. The van der Waals surface area contributed by atoms with Crippen molar-refractivity contribution in [2.24, 2.45) is 0 Å². The summed E-state index contributed by atoms with van der Waals surface area (Å²) in [6.45, 7) is 11.5. The van der Waals surface area contributed by atoms with Gasteiger partial charge in [0.05, 0.1) is 11.6 Å². The number of rotatable bonds is 4. The third-order valence-electron chi connectivity index (χ3n) is 11.2. The van der Waals surface area contributed by atoms with Crippen LogP contribution >= 0.6 is 0 Å². The van der Waals surface area contributed by atoms with Gasteiger partial charge in [0.25, 0.3) is 0 Å².